The van der Waals surface area contributed by atoms with Crippen LogP contribution in [0.5, 0.6) is 0 Å². The number of aromatic nitrogens is 2. The van der Waals surface area contributed by atoms with Crippen molar-refractivity contribution >= 4 is 12.0 Å². The Balaban J connectivity index is 1.75. The van der Waals surface area contributed by atoms with Gasteiger partial charge in [0.05, 0.1) is 13.2 Å². The van der Waals surface area contributed by atoms with Gasteiger partial charge in [0.2, 0.25) is 5.91 Å². The van der Waals surface area contributed by atoms with Crippen LogP contribution in [0.25, 0.3) is 6.08 Å². The number of imidazole rings is 1. The Kier molecular flexibility index (Phi) is 4.34. The van der Waals surface area contributed by atoms with Crippen LogP contribution in [0.15, 0.2) is 42.6 Å². The number of benzene rings is 1. The van der Waals surface area contributed by atoms with E-state index in [0.29, 0.717) is 19.8 Å². The fourth-order valence-corrected chi connectivity index (χ4v) is 2.52. The van der Waals surface area contributed by atoms with Crippen LogP contribution < -0.4 is 0 Å². The SMILES string of the molecule is Cc1cnc([C@H]2COCCN2C(=O)/C=C/c2ccccc2)[nH]1. The maximum atomic E-state index is 12.5. The number of ether oxygens (including phenoxy) is 1. The molecule has 5 nitrogen and oxygen atoms in total. The highest BCUT2D eigenvalue weighted by Gasteiger charge is 2.29. The number of morpholine rings is 1. The lowest BCUT2D eigenvalue weighted by Crippen LogP contribution is -2.43. The molecule has 2 aromatic rings. The zero-order valence-corrected chi connectivity index (χ0v) is 12.5. The Labute approximate surface area is 129 Å². The fraction of sp³-hybridized carbons (Fsp3) is 0.294. The normalized spacial score (nSPS) is 18.8. The summed E-state index contributed by atoms with van der Waals surface area (Å²) in [6.45, 7) is 3.54. The molecule has 3 rings (SSSR count). The van der Waals surface area contributed by atoms with Crippen molar-refractivity contribution in [3.8, 4) is 0 Å². The van der Waals surface area contributed by atoms with Gasteiger partial charge in [-0.3, -0.25) is 4.79 Å². The Morgan fingerprint density at radius 3 is 2.95 bits per heavy atom. The second-order valence-corrected chi connectivity index (χ2v) is 5.32. The van der Waals surface area contributed by atoms with Crippen LogP contribution >= 0.6 is 0 Å². The number of amides is 1. The third kappa shape index (κ3) is 3.26. The van der Waals surface area contributed by atoms with Crippen molar-refractivity contribution in [2.75, 3.05) is 19.8 Å². The summed E-state index contributed by atoms with van der Waals surface area (Å²) in [4.78, 5) is 21.8. The summed E-state index contributed by atoms with van der Waals surface area (Å²) in [6.07, 6.45) is 5.22. The predicted octanol–water partition coefficient (Wildman–Crippen LogP) is 2.33. The Morgan fingerprint density at radius 2 is 2.23 bits per heavy atom. The van der Waals surface area contributed by atoms with E-state index in [-0.39, 0.29) is 11.9 Å². The van der Waals surface area contributed by atoms with Crippen LogP contribution in [0, 0.1) is 6.92 Å². The maximum absolute atomic E-state index is 12.5. The molecule has 1 atom stereocenters. The van der Waals surface area contributed by atoms with E-state index in [0.717, 1.165) is 17.1 Å². The monoisotopic (exact) mass is 297 g/mol. The predicted molar refractivity (Wildman–Crippen MR) is 84.1 cm³/mol. The van der Waals surface area contributed by atoms with Crippen molar-refractivity contribution < 1.29 is 9.53 Å². The van der Waals surface area contributed by atoms with Crippen LogP contribution in [0.2, 0.25) is 0 Å². The van der Waals surface area contributed by atoms with E-state index in [4.69, 9.17) is 4.74 Å². The molecule has 1 saturated heterocycles. The van der Waals surface area contributed by atoms with Gasteiger partial charge in [-0.1, -0.05) is 30.3 Å². The minimum Gasteiger partial charge on any atom is -0.377 e. The molecule has 0 unspecified atom stereocenters. The first-order valence-corrected chi connectivity index (χ1v) is 7.37. The highest BCUT2D eigenvalue weighted by Crippen LogP contribution is 2.22. The van der Waals surface area contributed by atoms with Gasteiger partial charge in [0.25, 0.3) is 0 Å². The van der Waals surface area contributed by atoms with Crippen LogP contribution in [0.1, 0.15) is 23.1 Å². The molecule has 0 saturated carbocycles. The molecule has 114 valence electrons. The van der Waals surface area contributed by atoms with Gasteiger partial charge in [-0.15, -0.1) is 0 Å². The van der Waals surface area contributed by atoms with Crippen molar-refractivity contribution in [3.63, 3.8) is 0 Å². The average Bonchev–Trinajstić information content (AvgIpc) is 3.00. The lowest BCUT2D eigenvalue weighted by Gasteiger charge is -2.33. The first-order chi connectivity index (χ1) is 10.7. The Morgan fingerprint density at radius 1 is 1.41 bits per heavy atom. The molecule has 5 heteroatoms. The molecule has 1 aromatic carbocycles. The summed E-state index contributed by atoms with van der Waals surface area (Å²) in [5.41, 5.74) is 1.99. The summed E-state index contributed by atoms with van der Waals surface area (Å²) in [7, 11) is 0. The zero-order valence-electron chi connectivity index (χ0n) is 12.5. The van der Waals surface area contributed by atoms with Crippen molar-refractivity contribution in [2.24, 2.45) is 0 Å². The van der Waals surface area contributed by atoms with Crippen molar-refractivity contribution in [2.45, 2.75) is 13.0 Å². The lowest BCUT2D eigenvalue weighted by atomic mass is 10.2. The number of hydrogen-bond acceptors (Lipinski definition) is 3. The third-order valence-electron chi connectivity index (χ3n) is 3.67. The second kappa shape index (κ2) is 6.58. The molecule has 2 heterocycles. The van der Waals surface area contributed by atoms with E-state index in [1.807, 2.05) is 43.3 Å². The van der Waals surface area contributed by atoms with Gasteiger partial charge in [-0.05, 0) is 18.6 Å². The largest absolute Gasteiger partial charge is 0.377 e. The molecule has 0 aliphatic carbocycles. The standard InChI is InChI=1S/C17H19N3O2/c1-13-11-18-17(19-13)15-12-22-10-9-20(15)16(21)8-7-14-5-3-2-4-6-14/h2-8,11,15H,9-10,12H2,1H3,(H,18,19)/b8-7+/t15-/m1/s1. The summed E-state index contributed by atoms with van der Waals surface area (Å²) in [6, 6.07) is 9.64. The first-order valence-electron chi connectivity index (χ1n) is 7.37. The number of aromatic amines is 1. The summed E-state index contributed by atoms with van der Waals surface area (Å²) >= 11 is 0. The number of aryl methyl sites for hydroxylation is 1. The van der Waals surface area contributed by atoms with Crippen molar-refractivity contribution in [1.82, 2.24) is 14.9 Å². The summed E-state index contributed by atoms with van der Waals surface area (Å²) < 4.78 is 5.51. The first kappa shape index (κ1) is 14.5. The van der Waals surface area contributed by atoms with Crippen molar-refractivity contribution in [1.29, 1.82) is 0 Å². The maximum Gasteiger partial charge on any atom is 0.247 e. The number of nitrogens with one attached hydrogen (secondary N) is 1. The van der Waals surface area contributed by atoms with Crippen LogP contribution in [-0.2, 0) is 9.53 Å². The topological polar surface area (TPSA) is 58.2 Å². The van der Waals surface area contributed by atoms with Gasteiger partial charge in [0.15, 0.2) is 0 Å². The number of hydrogen-bond donors (Lipinski definition) is 1. The Hall–Kier alpha value is -2.40. The second-order valence-electron chi connectivity index (χ2n) is 5.32. The number of rotatable bonds is 3. The van der Waals surface area contributed by atoms with Gasteiger partial charge in [-0.25, -0.2) is 4.98 Å². The lowest BCUT2D eigenvalue weighted by molar-refractivity contribution is -0.135. The molecule has 1 aliphatic heterocycles. The average molecular weight is 297 g/mol. The zero-order chi connectivity index (χ0) is 15.4. The fourth-order valence-electron chi connectivity index (χ4n) is 2.52. The van der Waals surface area contributed by atoms with Crippen LogP contribution in [0.4, 0.5) is 0 Å². The number of H-pyrrole nitrogens is 1. The van der Waals surface area contributed by atoms with Gasteiger partial charge >= 0.3 is 0 Å². The molecule has 1 aromatic heterocycles. The van der Waals surface area contributed by atoms with Gasteiger partial charge in [0, 0.05) is 24.5 Å². The smallest absolute Gasteiger partial charge is 0.247 e. The molecule has 0 bridgehead atoms. The molecule has 0 radical (unpaired) electrons. The molecule has 1 amide bonds. The van der Waals surface area contributed by atoms with Gasteiger partial charge in [0.1, 0.15) is 11.9 Å². The highest BCUT2D eigenvalue weighted by molar-refractivity contribution is 5.92. The molecular formula is C17H19N3O2. The molecule has 22 heavy (non-hydrogen) atoms. The van der Waals surface area contributed by atoms with E-state index in [9.17, 15) is 4.79 Å². The highest BCUT2D eigenvalue weighted by atomic mass is 16.5. The molecule has 0 spiro atoms. The van der Waals surface area contributed by atoms with Gasteiger partial charge in [-0.2, -0.15) is 0 Å². The van der Waals surface area contributed by atoms with Gasteiger partial charge < -0.3 is 14.6 Å². The van der Waals surface area contributed by atoms with E-state index >= 15 is 0 Å². The molecule has 1 N–H and O–H groups in total. The van der Waals surface area contributed by atoms with Crippen LogP contribution in [-0.4, -0.2) is 40.5 Å². The van der Waals surface area contributed by atoms with Crippen molar-refractivity contribution in [3.05, 3.63) is 59.7 Å². The minimum absolute atomic E-state index is 0.0220. The van der Waals surface area contributed by atoms with Crippen LogP contribution in [0.3, 0.4) is 0 Å². The number of nitrogens with zero attached hydrogens (tertiary/aromatic N) is 2. The minimum atomic E-state index is -0.157. The molecule has 1 fully saturated rings. The van der Waals surface area contributed by atoms with E-state index in [1.54, 1.807) is 17.2 Å². The Bertz CT molecular complexity index is 664. The van der Waals surface area contributed by atoms with E-state index < -0.39 is 0 Å². The quantitative estimate of drug-likeness (QED) is 0.885. The summed E-state index contributed by atoms with van der Waals surface area (Å²) in [5, 5.41) is 0. The molecular weight excluding hydrogens is 278 g/mol. The number of carbonyl (C=O) groups is 1. The van der Waals surface area contributed by atoms with E-state index in [2.05, 4.69) is 9.97 Å². The number of carbonyl (C=O) groups excluding carboxylic acids is 1. The third-order valence-corrected chi connectivity index (χ3v) is 3.67. The van der Waals surface area contributed by atoms with E-state index in [1.165, 1.54) is 0 Å². The molecule has 1 aliphatic rings. The summed E-state index contributed by atoms with van der Waals surface area (Å²) in [5.74, 6) is 0.755.